The summed E-state index contributed by atoms with van der Waals surface area (Å²) in [5.74, 6) is 0.808. The van der Waals surface area contributed by atoms with Gasteiger partial charge in [0.1, 0.15) is 0 Å². The Morgan fingerprint density at radius 1 is 0.929 bits per heavy atom. The van der Waals surface area contributed by atoms with Crippen LogP contribution in [-0.4, -0.2) is 51.9 Å². The van der Waals surface area contributed by atoms with E-state index in [-0.39, 0.29) is 5.91 Å². The van der Waals surface area contributed by atoms with Crippen LogP contribution in [0.5, 0.6) is 0 Å². The number of hydrogen-bond acceptors (Lipinski definition) is 5. The Labute approximate surface area is 164 Å². The van der Waals surface area contributed by atoms with Crippen molar-refractivity contribution < 1.29 is 4.79 Å². The van der Waals surface area contributed by atoms with Crippen molar-refractivity contribution in [3.8, 4) is 11.1 Å². The Kier molecular flexibility index (Phi) is 5.28. The summed E-state index contributed by atoms with van der Waals surface area (Å²) in [7, 11) is 0. The minimum absolute atomic E-state index is 0.0776. The van der Waals surface area contributed by atoms with E-state index in [0.29, 0.717) is 6.54 Å². The van der Waals surface area contributed by atoms with Crippen molar-refractivity contribution in [2.24, 2.45) is 0 Å². The van der Waals surface area contributed by atoms with E-state index in [1.54, 1.807) is 18.6 Å². The van der Waals surface area contributed by atoms with Crippen LogP contribution in [0.3, 0.4) is 0 Å². The van der Waals surface area contributed by atoms with Gasteiger partial charge in [-0.2, -0.15) is 0 Å². The van der Waals surface area contributed by atoms with Gasteiger partial charge in [0.15, 0.2) is 0 Å². The molecule has 0 aliphatic carbocycles. The van der Waals surface area contributed by atoms with Crippen LogP contribution in [0.4, 0.5) is 5.95 Å². The van der Waals surface area contributed by atoms with Gasteiger partial charge in [0.05, 0.1) is 0 Å². The number of anilines is 1. The normalized spacial score (nSPS) is 14.6. The fourth-order valence-corrected chi connectivity index (χ4v) is 3.55. The van der Waals surface area contributed by atoms with Crippen LogP contribution in [0.1, 0.15) is 22.3 Å². The number of rotatable bonds is 3. The van der Waals surface area contributed by atoms with Gasteiger partial charge in [-0.15, -0.1) is 0 Å². The fourth-order valence-electron chi connectivity index (χ4n) is 3.55. The van der Waals surface area contributed by atoms with Crippen LogP contribution in [0.25, 0.3) is 11.1 Å². The van der Waals surface area contributed by atoms with Crippen molar-refractivity contribution in [2.45, 2.75) is 13.3 Å². The zero-order chi connectivity index (χ0) is 19.3. The summed E-state index contributed by atoms with van der Waals surface area (Å²) in [6.07, 6.45) is 8.05. The Hall–Kier alpha value is -3.28. The standard InChI is InChI=1S/C22H23N5O/c1-17-16-23-11-8-20(17)18-4-6-19(7-5-18)21(28)26-12-3-13-27(15-14-26)22-24-9-2-10-25-22/h2,4-11,16H,3,12-15H2,1H3. The smallest absolute Gasteiger partial charge is 0.253 e. The summed E-state index contributed by atoms with van der Waals surface area (Å²) in [5.41, 5.74) is 4.08. The maximum Gasteiger partial charge on any atom is 0.253 e. The largest absolute Gasteiger partial charge is 0.339 e. The van der Waals surface area contributed by atoms with Gasteiger partial charge >= 0.3 is 0 Å². The highest BCUT2D eigenvalue weighted by Crippen LogP contribution is 2.23. The van der Waals surface area contributed by atoms with E-state index >= 15 is 0 Å². The van der Waals surface area contributed by atoms with E-state index in [0.717, 1.165) is 54.3 Å². The molecule has 142 valence electrons. The molecule has 0 unspecified atom stereocenters. The van der Waals surface area contributed by atoms with Crippen molar-refractivity contribution in [3.63, 3.8) is 0 Å². The van der Waals surface area contributed by atoms with E-state index in [1.165, 1.54) is 0 Å². The number of amides is 1. The molecule has 0 spiro atoms. The highest BCUT2D eigenvalue weighted by molar-refractivity contribution is 5.94. The van der Waals surface area contributed by atoms with Crippen molar-refractivity contribution in [1.29, 1.82) is 0 Å². The molecule has 6 heteroatoms. The second-order valence-electron chi connectivity index (χ2n) is 6.95. The average Bonchev–Trinajstić information content (AvgIpc) is 3.01. The molecule has 1 aliphatic heterocycles. The lowest BCUT2D eigenvalue weighted by molar-refractivity contribution is 0.0767. The number of nitrogens with zero attached hydrogens (tertiary/aromatic N) is 5. The first kappa shape index (κ1) is 18.1. The van der Waals surface area contributed by atoms with E-state index in [2.05, 4.69) is 19.9 Å². The van der Waals surface area contributed by atoms with E-state index in [1.807, 2.05) is 54.4 Å². The van der Waals surface area contributed by atoms with Gasteiger partial charge in [-0.1, -0.05) is 12.1 Å². The Bertz CT molecular complexity index is 943. The summed E-state index contributed by atoms with van der Waals surface area (Å²) in [4.78, 5) is 29.8. The molecule has 0 atom stereocenters. The lowest BCUT2D eigenvalue weighted by atomic mass is 10.0. The summed E-state index contributed by atoms with van der Waals surface area (Å²) in [6, 6.07) is 11.7. The molecule has 4 rings (SSSR count). The highest BCUT2D eigenvalue weighted by Gasteiger charge is 2.21. The first-order valence-corrected chi connectivity index (χ1v) is 9.54. The van der Waals surface area contributed by atoms with Gasteiger partial charge in [-0.25, -0.2) is 9.97 Å². The first-order valence-electron chi connectivity index (χ1n) is 9.54. The third-order valence-corrected chi connectivity index (χ3v) is 5.08. The molecule has 3 heterocycles. The summed E-state index contributed by atoms with van der Waals surface area (Å²) in [5, 5.41) is 0. The molecule has 0 radical (unpaired) electrons. The van der Waals surface area contributed by atoms with Gasteiger partial charge < -0.3 is 9.80 Å². The molecule has 1 fully saturated rings. The molecule has 1 aliphatic rings. The summed E-state index contributed by atoms with van der Waals surface area (Å²) in [6.45, 7) is 5.05. The van der Waals surface area contributed by atoms with E-state index in [4.69, 9.17) is 0 Å². The van der Waals surface area contributed by atoms with Gasteiger partial charge in [0.25, 0.3) is 5.91 Å². The average molecular weight is 373 g/mol. The third-order valence-electron chi connectivity index (χ3n) is 5.08. The molecular weight excluding hydrogens is 350 g/mol. The molecule has 28 heavy (non-hydrogen) atoms. The molecule has 2 aromatic heterocycles. The fraction of sp³-hybridized carbons (Fsp3) is 0.273. The Morgan fingerprint density at radius 3 is 2.46 bits per heavy atom. The third kappa shape index (κ3) is 3.86. The lowest BCUT2D eigenvalue weighted by Gasteiger charge is -2.22. The lowest BCUT2D eigenvalue weighted by Crippen LogP contribution is -2.35. The van der Waals surface area contributed by atoms with Crippen molar-refractivity contribution in [3.05, 3.63) is 72.3 Å². The second-order valence-corrected chi connectivity index (χ2v) is 6.95. The number of carbonyl (C=O) groups excluding carboxylic acids is 1. The van der Waals surface area contributed by atoms with E-state index < -0.39 is 0 Å². The zero-order valence-corrected chi connectivity index (χ0v) is 16.0. The molecule has 0 N–H and O–H groups in total. The number of aryl methyl sites for hydroxylation is 1. The van der Waals surface area contributed by atoms with Crippen molar-refractivity contribution in [2.75, 3.05) is 31.1 Å². The van der Waals surface area contributed by atoms with Crippen LogP contribution < -0.4 is 4.90 Å². The van der Waals surface area contributed by atoms with Gasteiger partial charge in [0.2, 0.25) is 5.95 Å². The topological polar surface area (TPSA) is 62.2 Å². The summed E-state index contributed by atoms with van der Waals surface area (Å²) >= 11 is 0. The second kappa shape index (κ2) is 8.17. The van der Waals surface area contributed by atoms with Crippen molar-refractivity contribution in [1.82, 2.24) is 19.9 Å². The monoisotopic (exact) mass is 373 g/mol. The number of benzene rings is 1. The maximum absolute atomic E-state index is 13.0. The minimum Gasteiger partial charge on any atom is -0.339 e. The molecule has 3 aromatic rings. The molecule has 6 nitrogen and oxygen atoms in total. The van der Waals surface area contributed by atoms with Crippen LogP contribution >= 0.6 is 0 Å². The van der Waals surface area contributed by atoms with E-state index in [9.17, 15) is 4.79 Å². The van der Waals surface area contributed by atoms with Crippen LogP contribution in [-0.2, 0) is 0 Å². The van der Waals surface area contributed by atoms with Gasteiger partial charge in [-0.05, 0) is 54.3 Å². The molecular formula is C22H23N5O. The quantitative estimate of drug-likeness (QED) is 0.706. The first-order chi connectivity index (χ1) is 13.7. The Morgan fingerprint density at radius 2 is 1.71 bits per heavy atom. The van der Waals surface area contributed by atoms with Crippen molar-refractivity contribution >= 4 is 11.9 Å². The number of pyridine rings is 1. The number of carbonyl (C=O) groups is 1. The summed E-state index contributed by atoms with van der Waals surface area (Å²) < 4.78 is 0. The highest BCUT2D eigenvalue weighted by atomic mass is 16.2. The van der Waals surface area contributed by atoms with Gasteiger partial charge in [0, 0.05) is 56.5 Å². The maximum atomic E-state index is 13.0. The van der Waals surface area contributed by atoms with Crippen LogP contribution in [0, 0.1) is 6.92 Å². The molecule has 0 bridgehead atoms. The van der Waals surface area contributed by atoms with Gasteiger partial charge in [-0.3, -0.25) is 9.78 Å². The SMILES string of the molecule is Cc1cnccc1-c1ccc(C(=O)N2CCCN(c3ncccn3)CC2)cc1. The van der Waals surface area contributed by atoms with Crippen LogP contribution in [0.15, 0.2) is 61.2 Å². The van der Waals surface area contributed by atoms with Crippen LogP contribution in [0.2, 0.25) is 0 Å². The Balaban J connectivity index is 1.45. The molecule has 1 saturated heterocycles. The minimum atomic E-state index is 0.0776. The molecule has 1 amide bonds. The predicted octanol–water partition coefficient (Wildman–Crippen LogP) is 3.20. The number of aromatic nitrogens is 3. The molecule has 0 saturated carbocycles. The number of hydrogen-bond donors (Lipinski definition) is 0. The zero-order valence-electron chi connectivity index (χ0n) is 16.0. The predicted molar refractivity (Wildman–Crippen MR) is 109 cm³/mol. The molecule has 1 aromatic carbocycles.